The van der Waals surface area contributed by atoms with Crippen LogP contribution in [0, 0.1) is 5.41 Å². The van der Waals surface area contributed by atoms with Gasteiger partial charge in [0, 0.05) is 6.54 Å². The second-order valence-corrected chi connectivity index (χ2v) is 6.70. The van der Waals surface area contributed by atoms with E-state index >= 15 is 0 Å². The average Bonchev–Trinajstić information content (AvgIpc) is 3.17. The van der Waals surface area contributed by atoms with Gasteiger partial charge in [0.1, 0.15) is 0 Å². The Morgan fingerprint density at radius 2 is 1.76 bits per heavy atom. The highest BCUT2D eigenvalue weighted by Gasteiger charge is 2.50. The SMILES string of the molecule is O=C(O)C1(CNS(=O)(=O)c2ccc(C(F)(F)F)cc2)CC1. The third-order valence-electron chi connectivity index (χ3n) is 3.40. The lowest BCUT2D eigenvalue weighted by atomic mass is 10.1. The molecule has 0 heterocycles. The lowest BCUT2D eigenvalue weighted by Gasteiger charge is -2.12. The highest BCUT2D eigenvalue weighted by atomic mass is 32.2. The Balaban J connectivity index is 2.11. The molecule has 116 valence electrons. The van der Waals surface area contributed by atoms with Gasteiger partial charge in [-0.15, -0.1) is 0 Å². The van der Waals surface area contributed by atoms with Crippen LogP contribution in [0.25, 0.3) is 0 Å². The maximum Gasteiger partial charge on any atom is 0.416 e. The molecule has 1 aliphatic rings. The zero-order valence-corrected chi connectivity index (χ0v) is 11.5. The fourth-order valence-electron chi connectivity index (χ4n) is 1.76. The Bertz CT molecular complexity index is 648. The predicted molar refractivity (Wildman–Crippen MR) is 65.9 cm³/mol. The van der Waals surface area contributed by atoms with Gasteiger partial charge < -0.3 is 5.11 Å². The van der Waals surface area contributed by atoms with Crippen molar-refractivity contribution < 1.29 is 31.5 Å². The van der Waals surface area contributed by atoms with E-state index in [2.05, 4.69) is 4.72 Å². The van der Waals surface area contributed by atoms with Crippen molar-refractivity contribution in [2.75, 3.05) is 6.54 Å². The maximum absolute atomic E-state index is 12.4. The molecule has 5 nitrogen and oxygen atoms in total. The van der Waals surface area contributed by atoms with Gasteiger partial charge in [0.2, 0.25) is 10.0 Å². The van der Waals surface area contributed by atoms with Crippen LogP contribution in [0.2, 0.25) is 0 Å². The number of sulfonamides is 1. The number of hydrogen-bond acceptors (Lipinski definition) is 3. The largest absolute Gasteiger partial charge is 0.481 e. The van der Waals surface area contributed by atoms with Crippen LogP contribution in [0.4, 0.5) is 13.2 Å². The normalized spacial score (nSPS) is 17.5. The van der Waals surface area contributed by atoms with E-state index in [-0.39, 0.29) is 11.4 Å². The monoisotopic (exact) mass is 323 g/mol. The van der Waals surface area contributed by atoms with Crippen molar-refractivity contribution in [1.29, 1.82) is 0 Å². The van der Waals surface area contributed by atoms with Crippen LogP contribution >= 0.6 is 0 Å². The molecule has 1 aliphatic carbocycles. The topological polar surface area (TPSA) is 83.5 Å². The summed E-state index contributed by atoms with van der Waals surface area (Å²) in [6.07, 6.45) is -3.80. The standard InChI is InChI=1S/C12H12F3NO4S/c13-12(14,15)8-1-3-9(4-2-8)21(19,20)16-7-11(5-6-11)10(17)18/h1-4,16H,5-7H2,(H,17,18). The fourth-order valence-corrected chi connectivity index (χ4v) is 2.88. The molecule has 1 aromatic rings. The summed E-state index contributed by atoms with van der Waals surface area (Å²) in [5.41, 5.74) is -2.04. The van der Waals surface area contributed by atoms with Crippen LogP contribution in [0.3, 0.4) is 0 Å². The van der Waals surface area contributed by atoms with E-state index in [9.17, 15) is 26.4 Å². The Kier molecular flexibility index (Phi) is 3.75. The van der Waals surface area contributed by atoms with Gasteiger partial charge in [-0.1, -0.05) is 0 Å². The number of carboxylic acid groups (broad SMARTS) is 1. The van der Waals surface area contributed by atoms with E-state index in [1.807, 2.05) is 0 Å². The number of nitrogens with one attached hydrogen (secondary N) is 1. The molecule has 0 spiro atoms. The highest BCUT2D eigenvalue weighted by Crippen LogP contribution is 2.45. The number of benzene rings is 1. The van der Waals surface area contributed by atoms with Crippen molar-refractivity contribution in [1.82, 2.24) is 4.72 Å². The van der Waals surface area contributed by atoms with Crippen LogP contribution in [0.5, 0.6) is 0 Å². The van der Waals surface area contributed by atoms with E-state index < -0.39 is 33.1 Å². The number of hydrogen-bond donors (Lipinski definition) is 2. The van der Waals surface area contributed by atoms with Crippen molar-refractivity contribution in [3.8, 4) is 0 Å². The van der Waals surface area contributed by atoms with Crippen LogP contribution < -0.4 is 4.72 Å². The molecule has 0 bridgehead atoms. The van der Waals surface area contributed by atoms with Gasteiger partial charge in [-0.05, 0) is 37.1 Å². The molecule has 0 saturated heterocycles. The molecule has 0 aromatic heterocycles. The molecule has 1 saturated carbocycles. The van der Waals surface area contributed by atoms with Gasteiger partial charge in [0.15, 0.2) is 0 Å². The molecule has 1 aromatic carbocycles. The number of rotatable bonds is 5. The van der Waals surface area contributed by atoms with E-state index in [1.165, 1.54) is 0 Å². The number of aliphatic carboxylic acids is 1. The molecule has 0 unspecified atom stereocenters. The first kappa shape index (κ1) is 15.8. The Morgan fingerprint density at radius 3 is 2.14 bits per heavy atom. The van der Waals surface area contributed by atoms with Gasteiger partial charge in [-0.2, -0.15) is 13.2 Å². The lowest BCUT2D eigenvalue weighted by Crippen LogP contribution is -2.34. The second kappa shape index (κ2) is 4.99. The first-order valence-electron chi connectivity index (χ1n) is 5.97. The molecule has 0 amide bonds. The van der Waals surface area contributed by atoms with Crippen LogP contribution in [-0.2, 0) is 21.0 Å². The van der Waals surface area contributed by atoms with Gasteiger partial charge in [-0.25, -0.2) is 13.1 Å². The molecular formula is C12H12F3NO4S. The smallest absolute Gasteiger partial charge is 0.416 e. The summed E-state index contributed by atoms with van der Waals surface area (Å²) in [5.74, 6) is -1.09. The van der Waals surface area contributed by atoms with Crippen LogP contribution in [0.1, 0.15) is 18.4 Å². The maximum atomic E-state index is 12.4. The van der Waals surface area contributed by atoms with Crippen molar-refractivity contribution in [2.24, 2.45) is 5.41 Å². The Labute approximate surface area is 118 Å². The summed E-state index contributed by atoms with van der Waals surface area (Å²) < 4.78 is 63.1. The van der Waals surface area contributed by atoms with Crippen molar-refractivity contribution in [3.05, 3.63) is 29.8 Å². The van der Waals surface area contributed by atoms with Crippen molar-refractivity contribution >= 4 is 16.0 Å². The number of alkyl halides is 3. The zero-order chi connectivity index (χ0) is 15.9. The summed E-state index contributed by atoms with van der Waals surface area (Å²) in [6, 6.07) is 3.01. The number of halogens is 3. The van der Waals surface area contributed by atoms with E-state index in [4.69, 9.17) is 5.11 Å². The Hall–Kier alpha value is -1.61. The molecule has 2 N–H and O–H groups in total. The van der Waals surface area contributed by atoms with E-state index in [1.54, 1.807) is 0 Å². The quantitative estimate of drug-likeness (QED) is 0.866. The van der Waals surface area contributed by atoms with Gasteiger partial charge in [-0.3, -0.25) is 4.79 Å². The molecule has 1 fully saturated rings. The van der Waals surface area contributed by atoms with Gasteiger partial charge in [0.25, 0.3) is 0 Å². The number of carbonyl (C=O) groups is 1. The van der Waals surface area contributed by atoms with Crippen LogP contribution in [0.15, 0.2) is 29.2 Å². The summed E-state index contributed by atoms with van der Waals surface area (Å²) in [4.78, 5) is 10.6. The van der Waals surface area contributed by atoms with Crippen molar-refractivity contribution in [3.63, 3.8) is 0 Å². The predicted octanol–water partition coefficient (Wildman–Crippen LogP) is 1.85. The molecule has 0 atom stereocenters. The fraction of sp³-hybridized carbons (Fsp3) is 0.417. The third-order valence-corrected chi connectivity index (χ3v) is 4.82. The van der Waals surface area contributed by atoms with E-state index in [0.717, 1.165) is 12.1 Å². The van der Waals surface area contributed by atoms with Crippen molar-refractivity contribution in [2.45, 2.75) is 23.9 Å². The number of carboxylic acids is 1. The molecule has 21 heavy (non-hydrogen) atoms. The van der Waals surface area contributed by atoms with Crippen LogP contribution in [-0.4, -0.2) is 26.0 Å². The summed E-state index contributed by atoms with van der Waals surface area (Å²) in [7, 11) is -4.03. The minimum atomic E-state index is -4.54. The van der Waals surface area contributed by atoms with Gasteiger partial charge >= 0.3 is 12.1 Å². The molecule has 9 heteroatoms. The first-order chi connectivity index (χ1) is 9.57. The summed E-state index contributed by atoms with van der Waals surface area (Å²) in [5, 5.41) is 8.94. The molecule has 0 radical (unpaired) electrons. The lowest BCUT2D eigenvalue weighted by molar-refractivity contribution is -0.143. The molecular weight excluding hydrogens is 311 g/mol. The molecule has 0 aliphatic heterocycles. The zero-order valence-electron chi connectivity index (χ0n) is 10.6. The summed E-state index contributed by atoms with van der Waals surface area (Å²) in [6.45, 7) is -0.272. The first-order valence-corrected chi connectivity index (χ1v) is 7.46. The van der Waals surface area contributed by atoms with Gasteiger partial charge in [0.05, 0.1) is 15.9 Å². The second-order valence-electron chi connectivity index (χ2n) is 4.93. The minimum Gasteiger partial charge on any atom is -0.481 e. The minimum absolute atomic E-state index is 0.272. The molecule has 2 rings (SSSR count). The van der Waals surface area contributed by atoms with E-state index in [0.29, 0.717) is 25.0 Å². The third kappa shape index (κ3) is 3.35. The average molecular weight is 323 g/mol. The highest BCUT2D eigenvalue weighted by molar-refractivity contribution is 7.89. The Morgan fingerprint density at radius 1 is 1.24 bits per heavy atom. The summed E-state index contributed by atoms with van der Waals surface area (Å²) >= 11 is 0.